The Balaban J connectivity index is 1.50. The normalized spacial score (nSPS) is 18.4. The van der Waals surface area contributed by atoms with Crippen LogP contribution in [-0.2, 0) is 11.2 Å². The molecule has 1 amide bonds. The van der Waals surface area contributed by atoms with E-state index < -0.39 is 0 Å². The highest BCUT2D eigenvalue weighted by Gasteiger charge is 2.33. The van der Waals surface area contributed by atoms with E-state index in [4.69, 9.17) is 9.73 Å². The van der Waals surface area contributed by atoms with Gasteiger partial charge in [-0.1, -0.05) is 25.5 Å². The van der Waals surface area contributed by atoms with Gasteiger partial charge in [-0.25, -0.2) is 0 Å². The topological polar surface area (TPSA) is 67.8 Å². The zero-order valence-corrected chi connectivity index (χ0v) is 21.7. The molecule has 0 saturated heterocycles. The van der Waals surface area contributed by atoms with E-state index in [0.717, 1.165) is 48.3 Å². The van der Waals surface area contributed by atoms with Gasteiger partial charge in [-0.05, 0) is 93.8 Å². The van der Waals surface area contributed by atoms with E-state index in [0.29, 0.717) is 11.3 Å². The molecule has 2 aromatic carbocycles. The minimum atomic E-state index is -0.259. The number of hydrogen-bond donors (Lipinski definition) is 1. The summed E-state index contributed by atoms with van der Waals surface area (Å²) < 4.78 is 5.40. The molecule has 1 aliphatic carbocycles. The van der Waals surface area contributed by atoms with Crippen LogP contribution < -0.4 is 10.1 Å². The number of rotatable bonds is 6. The number of nitrogens with zero attached hydrogens (tertiary/aromatic N) is 1. The van der Waals surface area contributed by atoms with Gasteiger partial charge in [0.05, 0.1) is 24.8 Å². The van der Waals surface area contributed by atoms with Gasteiger partial charge in [0, 0.05) is 22.4 Å². The van der Waals surface area contributed by atoms with Crippen LogP contribution in [0.3, 0.4) is 0 Å². The third-order valence-electron chi connectivity index (χ3n) is 7.17. The number of allylic oxidation sites excluding steroid dienone is 1. The van der Waals surface area contributed by atoms with Crippen molar-refractivity contribution in [3.8, 4) is 5.75 Å². The number of ether oxygens (including phenoxy) is 1. The Labute approximate surface area is 208 Å². The molecule has 5 heteroatoms. The fraction of sp³-hybridized carbons (Fsp3) is 0.433. The molecule has 0 radical (unpaired) electrons. The number of benzene rings is 2. The van der Waals surface area contributed by atoms with Crippen molar-refractivity contribution in [1.29, 1.82) is 0 Å². The van der Waals surface area contributed by atoms with Crippen LogP contribution in [0.25, 0.3) is 0 Å². The van der Waals surface area contributed by atoms with Crippen molar-refractivity contribution in [2.45, 2.75) is 72.3 Å². The van der Waals surface area contributed by atoms with E-state index in [2.05, 4.69) is 46.0 Å². The van der Waals surface area contributed by atoms with Gasteiger partial charge in [0.15, 0.2) is 5.78 Å². The Morgan fingerprint density at radius 2 is 1.77 bits per heavy atom. The summed E-state index contributed by atoms with van der Waals surface area (Å²) in [6, 6.07) is 13.2. The number of nitrogens with one attached hydrogen (secondary N) is 1. The Morgan fingerprint density at radius 3 is 2.43 bits per heavy atom. The van der Waals surface area contributed by atoms with Gasteiger partial charge in [-0.3, -0.25) is 14.6 Å². The highest BCUT2D eigenvalue weighted by atomic mass is 16.5. The number of fused-ring (bicyclic) bond motifs is 1. The molecule has 0 atom stereocenters. The monoisotopic (exact) mass is 472 g/mol. The summed E-state index contributed by atoms with van der Waals surface area (Å²) in [6.07, 6.45) is 4.14. The molecular weight excluding hydrogens is 436 g/mol. The molecule has 1 N–H and O–H groups in total. The molecule has 0 spiro atoms. The smallest absolute Gasteiger partial charge is 0.252 e. The zero-order chi connectivity index (χ0) is 25.4. The van der Waals surface area contributed by atoms with E-state index in [1.165, 1.54) is 11.1 Å². The molecule has 4 rings (SSSR count). The molecule has 2 aliphatic rings. The maximum absolute atomic E-state index is 13.2. The zero-order valence-electron chi connectivity index (χ0n) is 21.7. The van der Waals surface area contributed by atoms with Crippen LogP contribution >= 0.6 is 0 Å². The molecule has 1 heterocycles. The first kappa shape index (κ1) is 24.9. The molecular formula is C30H36N2O3. The van der Waals surface area contributed by atoms with Crippen LogP contribution in [0.1, 0.15) is 81.8 Å². The minimum Gasteiger partial charge on any atom is -0.497 e. The van der Waals surface area contributed by atoms with E-state index in [1.54, 1.807) is 31.4 Å². The number of amides is 1. The van der Waals surface area contributed by atoms with Crippen molar-refractivity contribution in [2.24, 2.45) is 10.4 Å². The lowest BCUT2D eigenvalue weighted by molar-refractivity contribution is -0.114. The molecule has 2 aromatic rings. The largest absolute Gasteiger partial charge is 0.497 e. The average Bonchev–Trinajstić information content (AvgIpc) is 2.78. The molecule has 0 aromatic heterocycles. The van der Waals surface area contributed by atoms with Gasteiger partial charge < -0.3 is 10.1 Å². The van der Waals surface area contributed by atoms with E-state index in [-0.39, 0.29) is 29.1 Å². The average molecular weight is 473 g/mol. The summed E-state index contributed by atoms with van der Waals surface area (Å²) in [6.45, 7) is 10.5. The number of methoxy groups -OCH3 is 1. The quantitative estimate of drug-likeness (QED) is 0.484. The lowest BCUT2D eigenvalue weighted by Crippen LogP contribution is -2.30. The molecule has 0 bridgehead atoms. The first-order chi connectivity index (χ1) is 16.5. The Hall–Kier alpha value is -3.21. The summed E-state index contributed by atoms with van der Waals surface area (Å²) in [4.78, 5) is 31.1. The van der Waals surface area contributed by atoms with Crippen molar-refractivity contribution in [3.63, 3.8) is 0 Å². The first-order valence-corrected chi connectivity index (χ1v) is 12.4. The number of Topliss-reactive ketones (excluding diaryl/α,β-unsaturated/α-hetero) is 1. The SMILES string of the molecule is COc1ccc2c(c1)C(CC(=O)c1ccc(NC(=O)C3=C(C)CCCC3(C)C)cc1)=NC(C)(C)C2. The maximum Gasteiger partial charge on any atom is 0.252 e. The summed E-state index contributed by atoms with van der Waals surface area (Å²) in [5, 5.41) is 3.04. The fourth-order valence-corrected chi connectivity index (χ4v) is 5.48. The lowest BCUT2D eigenvalue weighted by atomic mass is 9.72. The molecule has 35 heavy (non-hydrogen) atoms. The predicted octanol–water partition coefficient (Wildman–Crippen LogP) is 6.56. The van der Waals surface area contributed by atoms with Gasteiger partial charge in [0.25, 0.3) is 5.91 Å². The predicted molar refractivity (Wildman–Crippen MR) is 142 cm³/mol. The number of carbonyl (C=O) groups excluding carboxylic acids is 2. The first-order valence-electron chi connectivity index (χ1n) is 12.4. The second-order valence-corrected chi connectivity index (χ2v) is 11.1. The Morgan fingerprint density at radius 1 is 1.06 bits per heavy atom. The number of aliphatic imine (C=N–C) groups is 1. The number of carbonyl (C=O) groups is 2. The molecule has 184 valence electrons. The van der Waals surface area contributed by atoms with Crippen LogP contribution in [0.15, 0.2) is 58.6 Å². The van der Waals surface area contributed by atoms with Gasteiger partial charge in [0.2, 0.25) is 0 Å². The van der Waals surface area contributed by atoms with Gasteiger partial charge in [0.1, 0.15) is 5.75 Å². The van der Waals surface area contributed by atoms with Crippen LogP contribution in [0, 0.1) is 5.41 Å². The standard InChI is InChI=1S/C30H36N2O3/c1-19-8-7-15-29(2,3)27(19)28(34)31-22-12-9-20(10-13-22)26(33)17-25-24-16-23(35-6)14-11-21(24)18-30(4,5)32-25/h9-14,16H,7-8,15,17-18H2,1-6H3,(H,31,34). The maximum atomic E-state index is 13.2. The van der Waals surface area contributed by atoms with Crippen LogP contribution in [0.5, 0.6) is 5.75 Å². The summed E-state index contributed by atoms with van der Waals surface area (Å²) in [5.41, 5.74) is 5.92. The number of hydrogen-bond acceptors (Lipinski definition) is 4. The van der Waals surface area contributed by atoms with Gasteiger partial charge >= 0.3 is 0 Å². The minimum absolute atomic E-state index is 0.0000584. The molecule has 0 saturated carbocycles. The van der Waals surface area contributed by atoms with Crippen LogP contribution in [-0.4, -0.2) is 30.1 Å². The third kappa shape index (κ3) is 5.39. The van der Waals surface area contributed by atoms with Crippen molar-refractivity contribution in [1.82, 2.24) is 0 Å². The number of ketones is 1. The van der Waals surface area contributed by atoms with Crippen LogP contribution in [0.4, 0.5) is 5.69 Å². The van der Waals surface area contributed by atoms with Gasteiger partial charge in [-0.15, -0.1) is 0 Å². The molecule has 1 aliphatic heterocycles. The van der Waals surface area contributed by atoms with Gasteiger partial charge in [-0.2, -0.15) is 0 Å². The summed E-state index contributed by atoms with van der Waals surface area (Å²) in [5.74, 6) is 0.714. The highest BCUT2D eigenvalue weighted by molar-refractivity contribution is 6.17. The highest BCUT2D eigenvalue weighted by Crippen LogP contribution is 2.40. The van der Waals surface area contributed by atoms with Crippen molar-refractivity contribution in [3.05, 3.63) is 70.3 Å². The second-order valence-electron chi connectivity index (χ2n) is 11.1. The van der Waals surface area contributed by atoms with E-state index >= 15 is 0 Å². The van der Waals surface area contributed by atoms with E-state index in [1.807, 2.05) is 12.1 Å². The molecule has 0 fully saturated rings. The molecule has 5 nitrogen and oxygen atoms in total. The Bertz CT molecular complexity index is 1220. The Kier molecular flexibility index (Phi) is 6.72. The fourth-order valence-electron chi connectivity index (χ4n) is 5.48. The van der Waals surface area contributed by atoms with E-state index in [9.17, 15) is 9.59 Å². The summed E-state index contributed by atoms with van der Waals surface area (Å²) >= 11 is 0. The van der Waals surface area contributed by atoms with Crippen molar-refractivity contribution < 1.29 is 14.3 Å². The second kappa shape index (κ2) is 9.44. The number of anilines is 1. The summed E-state index contributed by atoms with van der Waals surface area (Å²) in [7, 11) is 1.64. The van der Waals surface area contributed by atoms with Crippen LogP contribution in [0.2, 0.25) is 0 Å². The molecule has 0 unspecified atom stereocenters. The third-order valence-corrected chi connectivity index (χ3v) is 7.17. The van der Waals surface area contributed by atoms with Crippen molar-refractivity contribution >= 4 is 23.1 Å². The lowest BCUT2D eigenvalue weighted by Gasteiger charge is -2.33. The van der Waals surface area contributed by atoms with Crippen molar-refractivity contribution in [2.75, 3.05) is 12.4 Å².